The van der Waals surface area contributed by atoms with Gasteiger partial charge in [0, 0.05) is 13.1 Å². The number of benzene rings is 2. The molecule has 2 aromatic rings. The van der Waals surface area contributed by atoms with Gasteiger partial charge in [0.05, 0.1) is 35.0 Å². The third-order valence-corrected chi connectivity index (χ3v) is 7.09. The van der Waals surface area contributed by atoms with Gasteiger partial charge in [0.15, 0.2) is 0 Å². The van der Waals surface area contributed by atoms with E-state index in [1.54, 1.807) is 17.9 Å². The van der Waals surface area contributed by atoms with Gasteiger partial charge >= 0.3 is 5.97 Å². The predicted molar refractivity (Wildman–Crippen MR) is 142 cm³/mol. The fourth-order valence-corrected chi connectivity index (χ4v) is 5.31. The number of amides is 1. The van der Waals surface area contributed by atoms with E-state index >= 15 is 0 Å². The summed E-state index contributed by atoms with van der Waals surface area (Å²) in [4.78, 5) is 31.9. The molecular formula is C26H27N3O3S2. The molecule has 0 bridgehead atoms. The molecule has 34 heavy (non-hydrogen) atoms. The first-order valence-electron chi connectivity index (χ1n) is 11.3. The fraction of sp³-hybridized carbons (Fsp3) is 0.269. The maximum absolute atomic E-state index is 13.1. The average Bonchev–Trinajstić information content (AvgIpc) is 3.30. The van der Waals surface area contributed by atoms with Crippen molar-refractivity contribution in [3.8, 4) is 0 Å². The van der Waals surface area contributed by atoms with Crippen LogP contribution in [0.25, 0.3) is 0 Å². The van der Waals surface area contributed by atoms with Crippen molar-refractivity contribution < 1.29 is 14.3 Å². The SMILES string of the molecule is CCOC(=O)c1ccc2c(c1)N(CC)/C(=C\C=C1/SC(=S)N(Cc3ccccc3)C1=O)N2CC. The summed E-state index contributed by atoms with van der Waals surface area (Å²) in [6, 6.07) is 15.5. The van der Waals surface area contributed by atoms with Gasteiger partial charge in [0.2, 0.25) is 0 Å². The van der Waals surface area contributed by atoms with E-state index in [9.17, 15) is 9.59 Å². The van der Waals surface area contributed by atoms with E-state index in [0.29, 0.717) is 34.5 Å². The Morgan fingerprint density at radius 2 is 1.68 bits per heavy atom. The third-order valence-electron chi connectivity index (χ3n) is 5.69. The normalized spacial score (nSPS) is 17.8. The van der Waals surface area contributed by atoms with Gasteiger partial charge in [-0.05, 0) is 56.7 Å². The zero-order valence-corrected chi connectivity index (χ0v) is 21.1. The Morgan fingerprint density at radius 3 is 2.35 bits per heavy atom. The van der Waals surface area contributed by atoms with Gasteiger partial charge in [-0.15, -0.1) is 0 Å². The number of thioether (sulfide) groups is 1. The van der Waals surface area contributed by atoms with Gasteiger partial charge in [-0.2, -0.15) is 0 Å². The minimum atomic E-state index is -0.330. The number of rotatable bonds is 7. The molecule has 0 radical (unpaired) electrons. The van der Waals surface area contributed by atoms with Crippen LogP contribution in [0.5, 0.6) is 0 Å². The topological polar surface area (TPSA) is 53.1 Å². The summed E-state index contributed by atoms with van der Waals surface area (Å²) in [6.45, 7) is 8.20. The summed E-state index contributed by atoms with van der Waals surface area (Å²) in [5.74, 6) is 0.542. The molecule has 176 valence electrons. The first-order chi connectivity index (χ1) is 16.5. The van der Waals surface area contributed by atoms with Crippen molar-refractivity contribution in [3.63, 3.8) is 0 Å². The molecule has 2 aliphatic heterocycles. The number of esters is 1. The lowest BCUT2D eigenvalue weighted by Crippen LogP contribution is -2.28. The summed E-state index contributed by atoms with van der Waals surface area (Å²) in [6.07, 6.45) is 3.81. The van der Waals surface area contributed by atoms with Crippen LogP contribution < -0.4 is 9.80 Å². The molecule has 0 aliphatic carbocycles. The maximum atomic E-state index is 13.1. The molecule has 0 aromatic heterocycles. The molecule has 4 rings (SSSR count). The number of anilines is 2. The number of allylic oxidation sites excluding steroid dienone is 2. The number of hydrogen-bond acceptors (Lipinski definition) is 7. The monoisotopic (exact) mass is 493 g/mol. The largest absolute Gasteiger partial charge is 0.462 e. The highest BCUT2D eigenvalue weighted by Gasteiger charge is 2.33. The van der Waals surface area contributed by atoms with Crippen molar-refractivity contribution in [1.29, 1.82) is 0 Å². The Morgan fingerprint density at radius 1 is 0.971 bits per heavy atom. The number of carbonyl (C=O) groups is 2. The van der Waals surface area contributed by atoms with Crippen LogP contribution in [0.3, 0.4) is 0 Å². The van der Waals surface area contributed by atoms with Crippen LogP contribution in [-0.2, 0) is 16.1 Å². The van der Waals surface area contributed by atoms with E-state index in [0.717, 1.165) is 29.3 Å². The minimum absolute atomic E-state index is 0.0816. The van der Waals surface area contributed by atoms with Gasteiger partial charge < -0.3 is 14.5 Å². The van der Waals surface area contributed by atoms with Gasteiger partial charge in [-0.3, -0.25) is 9.69 Å². The number of carbonyl (C=O) groups excluding carboxylic acids is 2. The molecule has 0 saturated carbocycles. The summed E-state index contributed by atoms with van der Waals surface area (Å²) < 4.78 is 5.74. The quantitative estimate of drug-likeness (QED) is 0.294. The van der Waals surface area contributed by atoms with E-state index in [1.807, 2.05) is 54.6 Å². The molecular weight excluding hydrogens is 466 g/mol. The van der Waals surface area contributed by atoms with Crippen molar-refractivity contribution in [2.75, 3.05) is 29.5 Å². The Balaban J connectivity index is 1.61. The van der Waals surface area contributed by atoms with Crippen molar-refractivity contribution in [2.24, 2.45) is 0 Å². The summed E-state index contributed by atoms with van der Waals surface area (Å²) >= 11 is 6.82. The van der Waals surface area contributed by atoms with Crippen LogP contribution in [0.4, 0.5) is 11.4 Å². The third kappa shape index (κ3) is 4.60. The summed E-state index contributed by atoms with van der Waals surface area (Å²) in [7, 11) is 0. The van der Waals surface area contributed by atoms with Gasteiger partial charge in [-0.1, -0.05) is 54.3 Å². The van der Waals surface area contributed by atoms with Gasteiger partial charge in [-0.25, -0.2) is 4.79 Å². The van der Waals surface area contributed by atoms with Crippen LogP contribution >= 0.6 is 24.0 Å². The molecule has 1 fully saturated rings. The van der Waals surface area contributed by atoms with Gasteiger partial charge in [0.25, 0.3) is 5.91 Å². The van der Waals surface area contributed by atoms with E-state index in [4.69, 9.17) is 17.0 Å². The van der Waals surface area contributed by atoms with Gasteiger partial charge in [0.1, 0.15) is 10.1 Å². The molecule has 0 spiro atoms. The van der Waals surface area contributed by atoms with Crippen LogP contribution in [0.2, 0.25) is 0 Å². The minimum Gasteiger partial charge on any atom is -0.462 e. The number of ether oxygens (including phenoxy) is 1. The van der Waals surface area contributed by atoms with Crippen molar-refractivity contribution in [2.45, 2.75) is 27.3 Å². The molecule has 1 amide bonds. The lowest BCUT2D eigenvalue weighted by Gasteiger charge is -2.23. The summed E-state index contributed by atoms with van der Waals surface area (Å²) in [5, 5.41) is 0. The number of fused-ring (bicyclic) bond motifs is 1. The maximum Gasteiger partial charge on any atom is 0.338 e. The first-order valence-corrected chi connectivity index (χ1v) is 12.6. The number of thiocarbonyl (C=S) groups is 1. The molecule has 8 heteroatoms. The van der Waals surface area contributed by atoms with E-state index in [-0.39, 0.29) is 11.9 Å². The molecule has 6 nitrogen and oxygen atoms in total. The van der Waals surface area contributed by atoms with Crippen molar-refractivity contribution >= 4 is 51.6 Å². The molecule has 1 saturated heterocycles. The smallest absolute Gasteiger partial charge is 0.338 e. The molecule has 2 aliphatic rings. The predicted octanol–water partition coefficient (Wildman–Crippen LogP) is 5.32. The van der Waals surface area contributed by atoms with E-state index < -0.39 is 0 Å². The van der Waals surface area contributed by atoms with Crippen molar-refractivity contribution in [3.05, 3.63) is 82.5 Å². The lowest BCUT2D eigenvalue weighted by atomic mass is 10.1. The number of nitrogens with zero attached hydrogens (tertiary/aromatic N) is 3. The Bertz CT molecular complexity index is 1180. The average molecular weight is 494 g/mol. The lowest BCUT2D eigenvalue weighted by molar-refractivity contribution is -0.122. The van der Waals surface area contributed by atoms with Crippen LogP contribution in [0.1, 0.15) is 36.7 Å². The molecule has 2 aromatic carbocycles. The molecule has 0 N–H and O–H groups in total. The summed E-state index contributed by atoms with van der Waals surface area (Å²) in [5.41, 5.74) is 3.54. The van der Waals surface area contributed by atoms with Crippen LogP contribution in [0.15, 0.2) is 71.4 Å². The highest BCUT2D eigenvalue weighted by molar-refractivity contribution is 8.26. The highest BCUT2D eigenvalue weighted by Crippen LogP contribution is 2.42. The van der Waals surface area contributed by atoms with E-state index in [1.165, 1.54) is 11.8 Å². The second-order valence-corrected chi connectivity index (χ2v) is 9.39. The Kier molecular flexibility index (Phi) is 7.38. The second-order valence-electron chi connectivity index (χ2n) is 7.71. The van der Waals surface area contributed by atoms with Crippen LogP contribution in [-0.4, -0.2) is 40.8 Å². The number of hydrogen-bond donors (Lipinski definition) is 0. The fourth-order valence-electron chi connectivity index (χ4n) is 4.11. The Hall–Kier alpha value is -3.10. The first kappa shape index (κ1) is 24.0. The van der Waals surface area contributed by atoms with Crippen LogP contribution in [0, 0.1) is 0 Å². The molecule has 0 unspecified atom stereocenters. The zero-order chi connectivity index (χ0) is 24.2. The molecule has 0 atom stereocenters. The van der Waals surface area contributed by atoms with Crippen molar-refractivity contribution in [1.82, 2.24) is 4.90 Å². The van der Waals surface area contributed by atoms with E-state index in [2.05, 4.69) is 23.6 Å². The standard InChI is InChI=1S/C26H27N3O3S2/c1-4-27-20-13-12-19(25(31)32-6-3)16-21(20)28(5-2)23(27)15-14-22-24(30)29(26(33)34-22)17-18-10-8-7-9-11-18/h7-16H,4-6,17H2,1-3H3/b22-14-,23-15-. The Labute approximate surface area is 209 Å². The second kappa shape index (κ2) is 10.4. The highest BCUT2D eigenvalue weighted by atomic mass is 32.2. The molecule has 2 heterocycles. The zero-order valence-electron chi connectivity index (χ0n) is 19.5.